The van der Waals surface area contributed by atoms with Crippen LogP contribution in [-0.2, 0) is 33.3 Å². The van der Waals surface area contributed by atoms with Gasteiger partial charge < -0.3 is 33.9 Å². The number of aliphatic hydroxyl groups is 2. The van der Waals surface area contributed by atoms with Crippen molar-refractivity contribution in [1.82, 2.24) is 0 Å². The van der Waals surface area contributed by atoms with E-state index in [-0.39, 0.29) is 18.8 Å². The Bertz CT molecular complexity index is 912. The average Bonchev–Trinajstić information content (AvgIpc) is 2.75. The van der Waals surface area contributed by atoms with Crippen LogP contribution in [0.15, 0.2) is 11.1 Å². The van der Waals surface area contributed by atoms with Gasteiger partial charge in [0.15, 0.2) is 11.4 Å². The van der Waals surface area contributed by atoms with Crippen molar-refractivity contribution in [2.24, 2.45) is 16.7 Å². The molecule has 9 heteroatoms. The van der Waals surface area contributed by atoms with E-state index in [1.54, 1.807) is 13.8 Å². The van der Waals surface area contributed by atoms with Crippen LogP contribution < -0.4 is 0 Å². The molecule has 2 N–H and O–H groups in total. The maximum atomic E-state index is 14.5. The Morgan fingerprint density at radius 2 is 1.76 bits per heavy atom. The monoisotopic (exact) mass is 482 g/mol. The summed E-state index contributed by atoms with van der Waals surface area (Å²) < 4.78 is 29.6. The summed E-state index contributed by atoms with van der Waals surface area (Å²) in [6.07, 6.45) is -3.84. The quantitative estimate of drug-likeness (QED) is 0.449. The highest BCUT2D eigenvalue weighted by molar-refractivity contribution is 5.93. The van der Waals surface area contributed by atoms with Crippen molar-refractivity contribution >= 4 is 11.8 Å². The van der Waals surface area contributed by atoms with Gasteiger partial charge in [0.2, 0.25) is 0 Å². The van der Waals surface area contributed by atoms with E-state index in [4.69, 9.17) is 23.7 Å². The molecule has 0 aromatic carbocycles. The topological polar surface area (TPSA) is 121 Å². The van der Waals surface area contributed by atoms with Gasteiger partial charge in [-0.1, -0.05) is 13.8 Å². The number of Topliss-reactive ketones (excluding diaryl/α,β-unsaturated/α-hetero) is 1. The van der Waals surface area contributed by atoms with Gasteiger partial charge >= 0.3 is 5.97 Å². The van der Waals surface area contributed by atoms with E-state index in [0.29, 0.717) is 17.6 Å². The third kappa shape index (κ3) is 2.94. The maximum Gasteiger partial charge on any atom is 0.303 e. The van der Waals surface area contributed by atoms with Gasteiger partial charge in [0, 0.05) is 52.4 Å². The third-order valence-electron chi connectivity index (χ3n) is 9.42. The van der Waals surface area contributed by atoms with Crippen LogP contribution >= 0.6 is 0 Å². The zero-order chi connectivity index (χ0) is 25.4. The van der Waals surface area contributed by atoms with Crippen LogP contribution in [-0.4, -0.2) is 91.6 Å². The molecule has 9 atom stereocenters. The molecule has 192 valence electrons. The molecule has 1 saturated heterocycles. The predicted molar refractivity (Wildman–Crippen MR) is 120 cm³/mol. The van der Waals surface area contributed by atoms with Crippen molar-refractivity contribution in [2.45, 2.75) is 89.2 Å². The molecule has 0 spiro atoms. The lowest BCUT2D eigenvalue weighted by atomic mass is 9.44. The van der Waals surface area contributed by atoms with Gasteiger partial charge in [-0.2, -0.15) is 0 Å². The number of hydrogen-bond acceptors (Lipinski definition) is 9. The van der Waals surface area contributed by atoms with Crippen molar-refractivity contribution < 1.29 is 43.5 Å². The number of rotatable bonds is 4. The molecule has 34 heavy (non-hydrogen) atoms. The fraction of sp³-hybridized carbons (Fsp3) is 0.840. The van der Waals surface area contributed by atoms with E-state index >= 15 is 0 Å². The summed E-state index contributed by atoms with van der Waals surface area (Å²) in [5, 5.41) is 23.5. The maximum absolute atomic E-state index is 14.5. The van der Waals surface area contributed by atoms with E-state index in [2.05, 4.69) is 0 Å². The molecule has 0 aromatic rings. The van der Waals surface area contributed by atoms with E-state index in [1.165, 1.54) is 28.3 Å². The number of carbonyl (C=O) groups excluding carboxylic acids is 2. The largest absolute Gasteiger partial charge is 0.454 e. The first kappa shape index (κ1) is 25.7. The van der Waals surface area contributed by atoms with Crippen molar-refractivity contribution in [1.29, 1.82) is 0 Å². The second kappa shape index (κ2) is 8.08. The van der Waals surface area contributed by atoms with Gasteiger partial charge in [0.05, 0.1) is 30.3 Å². The van der Waals surface area contributed by atoms with Crippen molar-refractivity contribution in [3.05, 3.63) is 11.1 Å². The van der Waals surface area contributed by atoms with Crippen LogP contribution in [0.3, 0.4) is 0 Å². The van der Waals surface area contributed by atoms with Crippen LogP contribution in [0.1, 0.15) is 47.5 Å². The lowest BCUT2D eigenvalue weighted by molar-refractivity contribution is -0.350. The minimum absolute atomic E-state index is 0.00955. The van der Waals surface area contributed by atoms with Crippen LogP contribution in [0, 0.1) is 16.7 Å². The summed E-state index contributed by atoms with van der Waals surface area (Å²) >= 11 is 0. The number of carbonyl (C=O) groups is 2. The fourth-order valence-electron chi connectivity index (χ4n) is 7.58. The van der Waals surface area contributed by atoms with Crippen LogP contribution in [0.2, 0.25) is 0 Å². The van der Waals surface area contributed by atoms with Gasteiger partial charge in [-0.15, -0.1) is 0 Å². The first-order valence-electron chi connectivity index (χ1n) is 11.8. The summed E-state index contributed by atoms with van der Waals surface area (Å²) in [4.78, 5) is 26.9. The third-order valence-corrected chi connectivity index (χ3v) is 9.42. The molecule has 0 radical (unpaired) electrons. The summed E-state index contributed by atoms with van der Waals surface area (Å²) in [5.41, 5.74) is -3.93. The molecule has 7 unspecified atom stereocenters. The number of fused-ring (bicyclic) bond motifs is 5. The molecule has 4 aliphatic rings. The molecular weight excluding hydrogens is 444 g/mol. The van der Waals surface area contributed by atoms with E-state index in [1.807, 2.05) is 13.8 Å². The molecule has 3 fully saturated rings. The second-order valence-electron chi connectivity index (χ2n) is 11.1. The number of ether oxygens (including phenoxy) is 5. The summed E-state index contributed by atoms with van der Waals surface area (Å²) in [6, 6.07) is 0. The zero-order valence-corrected chi connectivity index (χ0v) is 21.3. The average molecular weight is 483 g/mol. The Labute approximate surface area is 200 Å². The normalized spacial score (nSPS) is 47.6. The van der Waals surface area contributed by atoms with E-state index in [9.17, 15) is 19.8 Å². The molecule has 3 aliphatic carbocycles. The molecule has 2 saturated carbocycles. The molecule has 1 heterocycles. The van der Waals surface area contributed by atoms with Gasteiger partial charge in [0.25, 0.3) is 0 Å². The fourth-order valence-corrected chi connectivity index (χ4v) is 7.58. The highest BCUT2D eigenvalue weighted by atomic mass is 16.6. The van der Waals surface area contributed by atoms with Crippen LogP contribution in [0.5, 0.6) is 0 Å². The minimum atomic E-state index is -1.62. The summed E-state index contributed by atoms with van der Waals surface area (Å²) in [5.74, 6) is -1.59. The summed E-state index contributed by atoms with van der Waals surface area (Å²) in [6.45, 7) is 8.64. The Hall–Kier alpha value is -1.36. The Morgan fingerprint density at radius 3 is 2.24 bits per heavy atom. The second-order valence-corrected chi connectivity index (χ2v) is 11.1. The van der Waals surface area contributed by atoms with E-state index in [0.717, 1.165) is 0 Å². The molecule has 2 bridgehead atoms. The predicted octanol–water partition coefficient (Wildman–Crippen LogP) is 1.18. The summed E-state index contributed by atoms with van der Waals surface area (Å²) in [7, 11) is 4.46. The van der Waals surface area contributed by atoms with Crippen LogP contribution in [0.4, 0.5) is 0 Å². The minimum Gasteiger partial charge on any atom is -0.454 e. The smallest absolute Gasteiger partial charge is 0.303 e. The number of hydrogen-bond donors (Lipinski definition) is 2. The molecule has 1 aliphatic heterocycles. The van der Waals surface area contributed by atoms with Gasteiger partial charge in [-0.3, -0.25) is 9.59 Å². The van der Waals surface area contributed by atoms with Gasteiger partial charge in [0.1, 0.15) is 17.8 Å². The number of esters is 1. The van der Waals surface area contributed by atoms with Crippen molar-refractivity contribution in [2.75, 3.05) is 27.9 Å². The Kier molecular flexibility index (Phi) is 6.11. The van der Waals surface area contributed by atoms with E-state index < -0.39 is 64.4 Å². The van der Waals surface area contributed by atoms with Crippen LogP contribution in [0.25, 0.3) is 0 Å². The van der Waals surface area contributed by atoms with Crippen molar-refractivity contribution in [3.8, 4) is 0 Å². The Balaban J connectivity index is 2.08. The highest BCUT2D eigenvalue weighted by Gasteiger charge is 2.77. The zero-order valence-electron chi connectivity index (χ0n) is 21.3. The Morgan fingerprint density at radius 1 is 1.12 bits per heavy atom. The lowest BCUT2D eigenvalue weighted by Crippen LogP contribution is -2.81. The molecule has 4 rings (SSSR count). The molecular formula is C25H38O9. The first-order chi connectivity index (χ1) is 15.8. The SMILES string of the molecule is COC1C(=O)[C@]2(C)C(OC)CC3OC[C@@]3(OC(C)=O)C2C(OC)C2(O)CC(O)C(C)=C1C2(C)C. The molecule has 9 nitrogen and oxygen atoms in total. The number of methoxy groups -OCH3 is 3. The van der Waals surface area contributed by atoms with Gasteiger partial charge in [-0.05, 0) is 25.0 Å². The first-order valence-corrected chi connectivity index (χ1v) is 11.8. The number of ketones is 1. The highest BCUT2D eigenvalue weighted by Crippen LogP contribution is 2.64. The molecule has 0 aromatic heterocycles. The lowest BCUT2D eigenvalue weighted by Gasteiger charge is -2.68. The number of aliphatic hydroxyl groups excluding tert-OH is 1. The standard InChI is InChI=1S/C25H38O9/c1-12-14(27)10-25(29)21(32-8)19-23(5,20(28)18(31-7)17(12)22(25,3)4)15(30-6)9-16-24(19,11-33-16)34-13(2)26/h14-16,18-19,21,27,29H,9-11H2,1-8H3/t14?,15?,16?,18?,19?,21?,23-,24+,25?/m1/s1. The van der Waals surface area contributed by atoms with Crippen molar-refractivity contribution in [3.63, 3.8) is 0 Å². The molecule has 0 amide bonds. The van der Waals surface area contributed by atoms with Gasteiger partial charge in [-0.25, -0.2) is 0 Å².